The van der Waals surface area contributed by atoms with E-state index in [1.54, 1.807) is 0 Å². The second-order valence-corrected chi connectivity index (χ2v) is 3.02. The summed E-state index contributed by atoms with van der Waals surface area (Å²) in [5.74, 6) is -9.14. The quantitative estimate of drug-likeness (QED) is 0.587. The number of hydrogen-bond donors (Lipinski definition) is 0. The van der Waals surface area contributed by atoms with E-state index in [1.807, 2.05) is 0 Å². The molecule has 1 rings (SSSR count). The summed E-state index contributed by atoms with van der Waals surface area (Å²) in [5, 5.41) is 0. The summed E-state index contributed by atoms with van der Waals surface area (Å²) in [5.41, 5.74) is -1.30. The van der Waals surface area contributed by atoms with Crippen molar-refractivity contribution in [3.63, 3.8) is 0 Å². The Bertz CT molecular complexity index is 392. The van der Waals surface area contributed by atoms with Crippen molar-refractivity contribution in [3.8, 4) is 0 Å². The summed E-state index contributed by atoms with van der Waals surface area (Å²) in [7, 11) is 0. The lowest BCUT2D eigenvalue weighted by molar-refractivity contribution is -0.142. The molecule has 6 heteroatoms. The highest BCUT2D eigenvalue weighted by atomic mass is 35.5. The summed E-state index contributed by atoms with van der Waals surface area (Å²) < 4.78 is 51.8. The zero-order valence-corrected chi connectivity index (χ0v) is 7.99. The summed E-state index contributed by atoms with van der Waals surface area (Å²) in [6, 6.07) is 1.49. The lowest BCUT2D eigenvalue weighted by Crippen LogP contribution is -2.28. The van der Waals surface area contributed by atoms with Gasteiger partial charge in [-0.15, -0.1) is 11.6 Å². The molecule has 1 aromatic rings. The van der Waals surface area contributed by atoms with Crippen LogP contribution in [0.25, 0.3) is 0 Å². The fourth-order valence-corrected chi connectivity index (χ4v) is 1.14. The molecule has 15 heavy (non-hydrogen) atoms. The highest BCUT2D eigenvalue weighted by Crippen LogP contribution is 2.31. The minimum absolute atomic E-state index is 0.278. The number of Topliss-reactive ketones (excluding diaryl/α,β-unsaturated/α-hetero) is 1. The summed E-state index contributed by atoms with van der Waals surface area (Å²) in [6.45, 7) is 0. The second-order valence-electron chi connectivity index (χ2n) is 2.76. The fraction of sp³-hybridized carbons (Fsp3) is 0.222. The average Bonchev–Trinajstić information content (AvgIpc) is 2.20. The van der Waals surface area contributed by atoms with Crippen molar-refractivity contribution in [1.29, 1.82) is 0 Å². The number of benzene rings is 1. The summed E-state index contributed by atoms with van der Waals surface area (Å²) in [6.07, 6.45) is 0. The van der Waals surface area contributed by atoms with E-state index in [2.05, 4.69) is 0 Å². The molecule has 0 aliphatic heterocycles. The number of ketones is 1. The van der Waals surface area contributed by atoms with Crippen molar-refractivity contribution < 1.29 is 22.4 Å². The Labute approximate surface area is 87.7 Å². The Kier molecular flexibility index (Phi) is 3.34. The number of carbonyl (C=O) groups is 1. The second kappa shape index (κ2) is 4.18. The third-order valence-corrected chi connectivity index (χ3v) is 1.98. The maximum absolute atomic E-state index is 13.2. The monoisotopic (exact) mass is 240 g/mol. The zero-order chi connectivity index (χ0) is 11.6. The summed E-state index contributed by atoms with van der Waals surface area (Å²) in [4.78, 5) is 10.7. The number of hydrogen-bond acceptors (Lipinski definition) is 1. The van der Waals surface area contributed by atoms with Gasteiger partial charge in [-0.25, -0.2) is 8.78 Å². The SMILES string of the molecule is O=C(CCl)C(F)(F)c1cc(F)ccc1F. The van der Waals surface area contributed by atoms with Gasteiger partial charge in [0.15, 0.2) is 0 Å². The van der Waals surface area contributed by atoms with Gasteiger partial charge in [-0.05, 0) is 18.2 Å². The molecule has 1 nitrogen and oxygen atoms in total. The minimum Gasteiger partial charge on any atom is -0.291 e. The summed E-state index contributed by atoms with van der Waals surface area (Å²) >= 11 is 4.93. The van der Waals surface area contributed by atoms with Gasteiger partial charge in [-0.3, -0.25) is 4.79 Å². The van der Waals surface area contributed by atoms with Crippen LogP contribution in [-0.4, -0.2) is 11.7 Å². The maximum Gasteiger partial charge on any atom is 0.334 e. The van der Waals surface area contributed by atoms with Crippen molar-refractivity contribution in [1.82, 2.24) is 0 Å². The van der Waals surface area contributed by atoms with E-state index in [0.717, 1.165) is 0 Å². The first-order valence-electron chi connectivity index (χ1n) is 3.82. The van der Waals surface area contributed by atoms with E-state index >= 15 is 0 Å². The first-order valence-corrected chi connectivity index (χ1v) is 4.35. The largest absolute Gasteiger partial charge is 0.334 e. The van der Waals surface area contributed by atoms with Crippen molar-refractivity contribution in [2.45, 2.75) is 5.92 Å². The van der Waals surface area contributed by atoms with Gasteiger partial charge in [-0.2, -0.15) is 8.78 Å². The van der Waals surface area contributed by atoms with Gasteiger partial charge in [0.05, 0.1) is 11.4 Å². The van der Waals surface area contributed by atoms with Gasteiger partial charge in [0.25, 0.3) is 0 Å². The molecule has 0 fully saturated rings. The Hall–Kier alpha value is -1.10. The molecule has 0 radical (unpaired) electrons. The number of halogens is 5. The standard InChI is InChI=1S/C9H5ClF4O/c10-4-8(15)9(13,14)6-3-5(11)1-2-7(6)12/h1-3H,4H2. The molecular weight excluding hydrogens is 236 g/mol. The van der Waals surface area contributed by atoms with Crippen LogP contribution in [0.4, 0.5) is 17.6 Å². The maximum atomic E-state index is 13.2. The van der Waals surface area contributed by atoms with Gasteiger partial charge >= 0.3 is 5.92 Å². The normalized spacial score (nSPS) is 11.5. The van der Waals surface area contributed by atoms with E-state index in [9.17, 15) is 22.4 Å². The smallest absolute Gasteiger partial charge is 0.291 e. The molecule has 0 saturated heterocycles. The molecule has 0 aliphatic carbocycles. The van der Waals surface area contributed by atoms with Crippen LogP contribution in [0.15, 0.2) is 18.2 Å². The van der Waals surface area contributed by atoms with Gasteiger partial charge < -0.3 is 0 Å². The van der Waals surface area contributed by atoms with Crippen LogP contribution >= 0.6 is 11.6 Å². The Balaban J connectivity index is 3.25. The molecule has 0 heterocycles. The Morgan fingerprint density at radius 3 is 2.47 bits per heavy atom. The fourth-order valence-electron chi connectivity index (χ4n) is 0.972. The molecule has 0 aliphatic rings. The molecule has 0 amide bonds. The van der Waals surface area contributed by atoms with E-state index in [-0.39, 0.29) is 6.07 Å². The van der Waals surface area contributed by atoms with E-state index in [4.69, 9.17) is 11.6 Å². The number of carbonyl (C=O) groups excluding carboxylic acids is 1. The number of rotatable bonds is 3. The predicted octanol–water partition coefficient (Wildman–Crippen LogP) is 2.86. The predicted molar refractivity (Wildman–Crippen MR) is 46.0 cm³/mol. The number of alkyl halides is 3. The lowest BCUT2D eigenvalue weighted by atomic mass is 10.0. The van der Waals surface area contributed by atoms with Crippen LogP contribution in [0.3, 0.4) is 0 Å². The molecule has 0 spiro atoms. The van der Waals surface area contributed by atoms with Crippen LogP contribution in [0.5, 0.6) is 0 Å². The van der Waals surface area contributed by atoms with Gasteiger partial charge in [0.2, 0.25) is 5.78 Å². The van der Waals surface area contributed by atoms with Crippen LogP contribution in [-0.2, 0) is 10.7 Å². The zero-order valence-electron chi connectivity index (χ0n) is 7.24. The first-order chi connectivity index (χ1) is 6.89. The van der Waals surface area contributed by atoms with Crippen molar-refractivity contribution in [2.24, 2.45) is 0 Å². The molecular formula is C9H5ClF4O. The molecule has 0 bridgehead atoms. The average molecular weight is 241 g/mol. The van der Waals surface area contributed by atoms with E-state index in [0.29, 0.717) is 12.1 Å². The van der Waals surface area contributed by atoms with Crippen LogP contribution in [0, 0.1) is 11.6 Å². The molecule has 0 unspecified atom stereocenters. The molecule has 1 aromatic carbocycles. The topological polar surface area (TPSA) is 17.1 Å². The molecule has 82 valence electrons. The Morgan fingerprint density at radius 2 is 1.93 bits per heavy atom. The van der Waals surface area contributed by atoms with Gasteiger partial charge in [-0.1, -0.05) is 0 Å². The molecule has 0 atom stereocenters. The minimum atomic E-state index is -4.10. The highest BCUT2D eigenvalue weighted by molar-refractivity contribution is 6.28. The molecule has 0 N–H and O–H groups in total. The van der Waals surface area contributed by atoms with Crippen LogP contribution < -0.4 is 0 Å². The van der Waals surface area contributed by atoms with Gasteiger partial charge in [0, 0.05) is 0 Å². The Morgan fingerprint density at radius 1 is 1.33 bits per heavy atom. The lowest BCUT2D eigenvalue weighted by Gasteiger charge is -2.14. The van der Waals surface area contributed by atoms with Crippen molar-refractivity contribution in [3.05, 3.63) is 35.4 Å². The van der Waals surface area contributed by atoms with Gasteiger partial charge in [0.1, 0.15) is 11.6 Å². The van der Waals surface area contributed by atoms with Crippen LogP contribution in [0.1, 0.15) is 5.56 Å². The van der Waals surface area contributed by atoms with E-state index in [1.165, 1.54) is 0 Å². The van der Waals surface area contributed by atoms with E-state index < -0.39 is 34.8 Å². The molecule has 0 saturated carbocycles. The molecule has 0 aromatic heterocycles. The van der Waals surface area contributed by atoms with Crippen molar-refractivity contribution >= 4 is 17.4 Å². The first kappa shape index (κ1) is 12.0. The third-order valence-electron chi connectivity index (χ3n) is 1.74. The van der Waals surface area contributed by atoms with Crippen molar-refractivity contribution in [2.75, 3.05) is 5.88 Å². The van der Waals surface area contributed by atoms with Crippen LogP contribution in [0.2, 0.25) is 0 Å². The highest BCUT2D eigenvalue weighted by Gasteiger charge is 2.42. The third kappa shape index (κ3) is 2.28.